The van der Waals surface area contributed by atoms with E-state index in [4.69, 9.17) is 9.84 Å². The number of alkyl carbamates (subject to hydrolysis) is 1. The summed E-state index contributed by atoms with van der Waals surface area (Å²) in [5.41, 5.74) is 4.85. The molecule has 2 aromatic carbocycles. The van der Waals surface area contributed by atoms with E-state index >= 15 is 0 Å². The smallest absolute Gasteiger partial charge is 0.407 e. The molecule has 0 saturated carbocycles. The van der Waals surface area contributed by atoms with E-state index in [0.717, 1.165) is 22.3 Å². The van der Waals surface area contributed by atoms with Crippen LogP contribution in [0.4, 0.5) is 4.79 Å². The van der Waals surface area contributed by atoms with Gasteiger partial charge in [0, 0.05) is 24.6 Å². The van der Waals surface area contributed by atoms with Crippen LogP contribution >= 0.6 is 0 Å². The quantitative estimate of drug-likeness (QED) is 0.701. The van der Waals surface area contributed by atoms with Crippen molar-refractivity contribution < 1.29 is 24.2 Å². The predicted molar refractivity (Wildman–Crippen MR) is 124 cm³/mol. The van der Waals surface area contributed by atoms with Crippen molar-refractivity contribution in [2.75, 3.05) is 19.7 Å². The Balaban J connectivity index is 1.40. The highest BCUT2D eigenvalue weighted by Gasteiger charge is 2.32. The molecule has 2 aliphatic rings. The van der Waals surface area contributed by atoms with Gasteiger partial charge in [0.2, 0.25) is 5.91 Å². The molecule has 0 spiro atoms. The fourth-order valence-electron chi connectivity index (χ4n) is 4.54. The normalized spacial score (nSPS) is 16.0. The zero-order valence-electron chi connectivity index (χ0n) is 18.8. The lowest BCUT2D eigenvalue weighted by molar-refractivity contribution is -0.136. The van der Waals surface area contributed by atoms with E-state index < -0.39 is 18.1 Å². The van der Waals surface area contributed by atoms with Gasteiger partial charge in [-0.25, -0.2) is 9.59 Å². The lowest BCUT2D eigenvalue weighted by Crippen LogP contribution is -2.52. The van der Waals surface area contributed by atoms with Gasteiger partial charge in [-0.15, -0.1) is 0 Å². The molecule has 0 unspecified atom stereocenters. The average Bonchev–Trinajstić information content (AvgIpc) is 3.14. The molecule has 7 nitrogen and oxygen atoms in total. The lowest BCUT2D eigenvalue weighted by Gasteiger charge is -2.31. The van der Waals surface area contributed by atoms with Crippen LogP contribution in [0.2, 0.25) is 0 Å². The molecule has 33 heavy (non-hydrogen) atoms. The molecule has 1 atom stereocenters. The molecule has 2 amide bonds. The minimum Gasteiger partial charge on any atom is -0.478 e. The Labute approximate surface area is 193 Å². The summed E-state index contributed by atoms with van der Waals surface area (Å²) in [6, 6.07) is 15.5. The number of carboxylic acids is 1. The number of carboxylic acid groups (broad SMARTS) is 1. The maximum absolute atomic E-state index is 13.0. The summed E-state index contributed by atoms with van der Waals surface area (Å²) in [4.78, 5) is 38.4. The predicted octanol–water partition coefficient (Wildman–Crippen LogP) is 3.79. The average molecular weight is 449 g/mol. The fourth-order valence-corrected chi connectivity index (χ4v) is 4.54. The standard InChI is InChI=1S/C26H28N2O5/c1-16(2)23(24(29)28-13-11-17(12-14-28)25(30)31)27-26(32)33-15-22-20-9-5-3-7-18(20)19-8-4-6-10-21(19)22/h3-11,16,22-23H,12-15H2,1-2H3,(H,27,32)(H,30,31)/t23-/m0/s1. The SMILES string of the molecule is CC(C)[C@H](NC(=O)OCC1c2ccccc2-c2ccccc21)C(=O)N1CC=C(C(=O)O)CC1. The Morgan fingerprint density at radius 2 is 1.67 bits per heavy atom. The maximum atomic E-state index is 13.0. The van der Waals surface area contributed by atoms with Gasteiger partial charge in [0.05, 0.1) is 0 Å². The first-order valence-corrected chi connectivity index (χ1v) is 11.2. The van der Waals surface area contributed by atoms with E-state index in [2.05, 4.69) is 29.6 Å². The van der Waals surface area contributed by atoms with Crippen molar-refractivity contribution in [2.24, 2.45) is 5.92 Å². The molecule has 2 aromatic rings. The molecule has 0 radical (unpaired) electrons. The molecule has 0 saturated heterocycles. The number of ether oxygens (including phenoxy) is 1. The van der Waals surface area contributed by atoms with Crippen molar-refractivity contribution in [3.05, 3.63) is 71.3 Å². The number of hydrogen-bond donors (Lipinski definition) is 2. The first-order chi connectivity index (χ1) is 15.9. The monoisotopic (exact) mass is 448 g/mol. The van der Waals surface area contributed by atoms with Gasteiger partial charge >= 0.3 is 12.1 Å². The topological polar surface area (TPSA) is 95.9 Å². The Kier molecular flexibility index (Phi) is 6.49. The maximum Gasteiger partial charge on any atom is 0.407 e. The van der Waals surface area contributed by atoms with Crippen LogP contribution in [0.15, 0.2) is 60.2 Å². The van der Waals surface area contributed by atoms with Crippen molar-refractivity contribution in [1.82, 2.24) is 10.2 Å². The van der Waals surface area contributed by atoms with Crippen LogP contribution in [0.25, 0.3) is 11.1 Å². The summed E-state index contributed by atoms with van der Waals surface area (Å²) < 4.78 is 5.60. The zero-order valence-corrected chi connectivity index (χ0v) is 18.8. The molecular weight excluding hydrogens is 420 g/mol. The number of carbonyl (C=O) groups excluding carboxylic acids is 2. The summed E-state index contributed by atoms with van der Waals surface area (Å²) in [7, 11) is 0. The van der Waals surface area contributed by atoms with Crippen LogP contribution in [0.3, 0.4) is 0 Å². The molecule has 0 bridgehead atoms. The van der Waals surface area contributed by atoms with Crippen LogP contribution in [0.5, 0.6) is 0 Å². The van der Waals surface area contributed by atoms with Crippen molar-refractivity contribution in [1.29, 1.82) is 0 Å². The molecule has 172 valence electrons. The van der Waals surface area contributed by atoms with Crippen molar-refractivity contribution in [3.63, 3.8) is 0 Å². The Hall–Kier alpha value is -3.61. The molecule has 1 heterocycles. The third-order valence-corrected chi connectivity index (χ3v) is 6.35. The molecule has 1 aliphatic heterocycles. The van der Waals surface area contributed by atoms with Gasteiger partial charge in [-0.2, -0.15) is 0 Å². The molecule has 7 heteroatoms. The minimum absolute atomic E-state index is 0.0574. The van der Waals surface area contributed by atoms with Gasteiger partial charge in [-0.3, -0.25) is 4.79 Å². The fraction of sp³-hybridized carbons (Fsp3) is 0.346. The second-order valence-electron chi connectivity index (χ2n) is 8.76. The second-order valence-corrected chi connectivity index (χ2v) is 8.76. The van der Waals surface area contributed by atoms with Crippen LogP contribution in [0, 0.1) is 5.92 Å². The third kappa shape index (κ3) is 4.62. The summed E-state index contributed by atoms with van der Waals surface area (Å²) >= 11 is 0. The van der Waals surface area contributed by atoms with E-state index in [1.807, 2.05) is 38.1 Å². The Morgan fingerprint density at radius 3 is 2.18 bits per heavy atom. The van der Waals surface area contributed by atoms with E-state index in [9.17, 15) is 14.4 Å². The van der Waals surface area contributed by atoms with Gasteiger partial charge in [-0.1, -0.05) is 68.5 Å². The minimum atomic E-state index is -0.959. The summed E-state index contributed by atoms with van der Waals surface area (Å²) in [6.07, 6.45) is 1.20. The zero-order chi connectivity index (χ0) is 23.5. The van der Waals surface area contributed by atoms with Crippen molar-refractivity contribution in [2.45, 2.75) is 32.2 Å². The first-order valence-electron chi connectivity index (χ1n) is 11.2. The van der Waals surface area contributed by atoms with E-state index in [0.29, 0.717) is 12.1 Å². The molecule has 0 aromatic heterocycles. The highest BCUT2D eigenvalue weighted by Crippen LogP contribution is 2.44. The number of benzene rings is 2. The Bertz CT molecular complexity index is 1060. The summed E-state index contributed by atoms with van der Waals surface area (Å²) in [6.45, 7) is 4.42. The summed E-state index contributed by atoms with van der Waals surface area (Å²) in [5, 5.41) is 11.8. The number of fused-ring (bicyclic) bond motifs is 3. The number of aliphatic carboxylic acids is 1. The highest BCUT2D eigenvalue weighted by atomic mass is 16.5. The van der Waals surface area contributed by atoms with Gasteiger partial charge < -0.3 is 20.1 Å². The van der Waals surface area contributed by atoms with Gasteiger partial charge in [0.25, 0.3) is 0 Å². The van der Waals surface area contributed by atoms with Gasteiger partial charge in [0.15, 0.2) is 0 Å². The van der Waals surface area contributed by atoms with Gasteiger partial charge in [-0.05, 0) is 34.6 Å². The molecule has 4 rings (SSSR count). The summed E-state index contributed by atoms with van der Waals surface area (Å²) in [5.74, 6) is -1.40. The lowest BCUT2D eigenvalue weighted by atomic mass is 9.98. The number of nitrogens with one attached hydrogen (secondary N) is 1. The number of nitrogens with zero attached hydrogens (tertiary/aromatic N) is 1. The van der Waals surface area contributed by atoms with E-state index in [-0.39, 0.29) is 37.3 Å². The van der Waals surface area contributed by atoms with Crippen molar-refractivity contribution >= 4 is 18.0 Å². The highest BCUT2D eigenvalue weighted by molar-refractivity contribution is 5.89. The molecule has 1 aliphatic carbocycles. The number of carbonyl (C=O) groups is 3. The first kappa shape index (κ1) is 22.6. The van der Waals surface area contributed by atoms with E-state index in [1.165, 1.54) is 0 Å². The van der Waals surface area contributed by atoms with Crippen LogP contribution < -0.4 is 5.32 Å². The number of hydrogen-bond acceptors (Lipinski definition) is 4. The molecule has 0 fully saturated rings. The third-order valence-electron chi connectivity index (χ3n) is 6.35. The Morgan fingerprint density at radius 1 is 1.06 bits per heavy atom. The van der Waals surface area contributed by atoms with Gasteiger partial charge in [0.1, 0.15) is 12.6 Å². The molecular formula is C26H28N2O5. The van der Waals surface area contributed by atoms with Crippen LogP contribution in [-0.4, -0.2) is 53.7 Å². The van der Waals surface area contributed by atoms with Crippen LogP contribution in [-0.2, 0) is 14.3 Å². The second kappa shape index (κ2) is 9.48. The number of rotatable bonds is 6. The number of amides is 2. The van der Waals surface area contributed by atoms with Crippen molar-refractivity contribution in [3.8, 4) is 11.1 Å². The largest absolute Gasteiger partial charge is 0.478 e. The van der Waals surface area contributed by atoms with E-state index in [1.54, 1.807) is 11.0 Å². The molecule has 2 N–H and O–H groups in total. The van der Waals surface area contributed by atoms with Crippen LogP contribution in [0.1, 0.15) is 37.3 Å².